The molecule has 3 rings (SSSR count). The maximum atomic E-state index is 12.6. The zero-order valence-electron chi connectivity index (χ0n) is 14.1. The largest absolute Gasteiger partial charge is 0.299 e. The van der Waals surface area contributed by atoms with Crippen molar-refractivity contribution in [3.63, 3.8) is 0 Å². The van der Waals surface area contributed by atoms with Crippen LogP contribution in [-0.2, 0) is 10.0 Å². The van der Waals surface area contributed by atoms with Crippen molar-refractivity contribution in [3.05, 3.63) is 54.6 Å². The van der Waals surface area contributed by atoms with Gasteiger partial charge in [-0.05, 0) is 43.5 Å². The summed E-state index contributed by atoms with van der Waals surface area (Å²) in [6.45, 7) is 6.00. The highest BCUT2D eigenvalue weighted by Crippen LogP contribution is 2.22. The Morgan fingerprint density at radius 3 is 2.21 bits per heavy atom. The summed E-state index contributed by atoms with van der Waals surface area (Å²) < 4.78 is 28.0. The van der Waals surface area contributed by atoms with E-state index in [1.807, 2.05) is 42.5 Å². The van der Waals surface area contributed by atoms with Gasteiger partial charge in [-0.2, -0.15) is 0 Å². The Bertz CT molecular complexity index is 771. The van der Waals surface area contributed by atoms with E-state index in [-0.39, 0.29) is 6.04 Å². The van der Waals surface area contributed by atoms with Crippen molar-refractivity contribution < 1.29 is 8.42 Å². The van der Waals surface area contributed by atoms with Gasteiger partial charge in [-0.25, -0.2) is 13.1 Å². The highest BCUT2D eigenvalue weighted by molar-refractivity contribution is 7.89. The predicted molar refractivity (Wildman–Crippen MR) is 97.3 cm³/mol. The van der Waals surface area contributed by atoms with Crippen LogP contribution in [0.5, 0.6) is 0 Å². The third-order valence-corrected chi connectivity index (χ3v) is 6.08. The summed E-state index contributed by atoms with van der Waals surface area (Å²) in [5.41, 5.74) is 2.10. The van der Waals surface area contributed by atoms with Crippen molar-refractivity contribution in [2.24, 2.45) is 0 Å². The molecule has 1 saturated heterocycles. The maximum absolute atomic E-state index is 12.6. The normalized spacial score (nSPS) is 19.0. The van der Waals surface area contributed by atoms with Crippen molar-refractivity contribution in [2.75, 3.05) is 13.1 Å². The molecule has 0 amide bonds. The minimum Gasteiger partial charge on any atom is -0.299 e. The number of hydrogen-bond acceptors (Lipinski definition) is 3. The second kappa shape index (κ2) is 7.05. The van der Waals surface area contributed by atoms with Gasteiger partial charge < -0.3 is 0 Å². The molecule has 0 bridgehead atoms. The molecule has 128 valence electrons. The average molecular weight is 344 g/mol. The van der Waals surface area contributed by atoms with Crippen LogP contribution < -0.4 is 4.72 Å². The fourth-order valence-corrected chi connectivity index (χ4v) is 4.36. The predicted octanol–water partition coefficient (Wildman–Crippen LogP) is 3.11. The third-order valence-electron chi connectivity index (χ3n) is 4.54. The minimum atomic E-state index is -3.47. The molecule has 1 aliphatic heterocycles. The molecular weight excluding hydrogens is 320 g/mol. The standard InChI is InChI=1S/C19H24N2O2S/c1-15(2)21-13-12-18(14-21)20-24(22,23)19-10-8-17(9-11-19)16-6-4-3-5-7-16/h3-11,15,18,20H,12-14H2,1-2H3. The second-order valence-corrected chi connectivity index (χ2v) is 8.30. The van der Waals surface area contributed by atoms with Gasteiger partial charge in [0, 0.05) is 25.2 Å². The van der Waals surface area contributed by atoms with Crippen LogP contribution in [0.15, 0.2) is 59.5 Å². The topological polar surface area (TPSA) is 49.4 Å². The quantitative estimate of drug-likeness (QED) is 0.907. The summed E-state index contributed by atoms with van der Waals surface area (Å²) in [6, 6.07) is 17.5. The molecule has 5 heteroatoms. The van der Waals surface area contributed by atoms with E-state index in [0.717, 1.165) is 30.6 Å². The Morgan fingerprint density at radius 2 is 1.62 bits per heavy atom. The number of rotatable bonds is 5. The van der Waals surface area contributed by atoms with Gasteiger partial charge >= 0.3 is 0 Å². The van der Waals surface area contributed by atoms with E-state index in [4.69, 9.17) is 0 Å². The zero-order chi connectivity index (χ0) is 17.2. The summed E-state index contributed by atoms with van der Waals surface area (Å²) in [7, 11) is -3.47. The summed E-state index contributed by atoms with van der Waals surface area (Å²) in [5, 5.41) is 0. The van der Waals surface area contributed by atoms with Crippen LogP contribution in [0.3, 0.4) is 0 Å². The van der Waals surface area contributed by atoms with Crippen molar-refractivity contribution >= 4 is 10.0 Å². The summed E-state index contributed by atoms with van der Waals surface area (Å²) >= 11 is 0. The Kier molecular flexibility index (Phi) is 5.04. The lowest BCUT2D eigenvalue weighted by molar-refractivity contribution is 0.271. The molecule has 1 N–H and O–H groups in total. The molecule has 1 atom stereocenters. The van der Waals surface area contributed by atoms with Crippen LogP contribution in [0.1, 0.15) is 20.3 Å². The van der Waals surface area contributed by atoms with E-state index in [2.05, 4.69) is 23.5 Å². The van der Waals surface area contributed by atoms with Gasteiger partial charge in [0.2, 0.25) is 10.0 Å². The number of likely N-dealkylation sites (tertiary alicyclic amines) is 1. The van der Waals surface area contributed by atoms with Gasteiger partial charge in [0.1, 0.15) is 0 Å². The summed E-state index contributed by atoms with van der Waals surface area (Å²) in [6.07, 6.45) is 0.861. The lowest BCUT2D eigenvalue weighted by Gasteiger charge is -2.20. The highest BCUT2D eigenvalue weighted by atomic mass is 32.2. The van der Waals surface area contributed by atoms with Crippen LogP contribution in [0.4, 0.5) is 0 Å². The fourth-order valence-electron chi connectivity index (χ4n) is 3.10. The molecule has 2 aromatic rings. The molecule has 0 radical (unpaired) electrons. The fraction of sp³-hybridized carbons (Fsp3) is 0.368. The molecule has 24 heavy (non-hydrogen) atoms. The molecule has 1 heterocycles. The number of nitrogens with zero attached hydrogens (tertiary/aromatic N) is 1. The highest BCUT2D eigenvalue weighted by Gasteiger charge is 2.28. The molecule has 4 nitrogen and oxygen atoms in total. The zero-order valence-corrected chi connectivity index (χ0v) is 15.0. The molecule has 0 saturated carbocycles. The van der Waals surface area contributed by atoms with Crippen molar-refractivity contribution in [2.45, 2.75) is 37.2 Å². The van der Waals surface area contributed by atoms with Gasteiger partial charge in [-0.1, -0.05) is 42.5 Å². The first-order valence-electron chi connectivity index (χ1n) is 8.37. The maximum Gasteiger partial charge on any atom is 0.240 e. The summed E-state index contributed by atoms with van der Waals surface area (Å²) in [4.78, 5) is 2.62. The molecule has 0 aliphatic carbocycles. The van der Waals surface area contributed by atoms with Gasteiger partial charge in [0.25, 0.3) is 0 Å². The van der Waals surface area contributed by atoms with E-state index < -0.39 is 10.0 Å². The van der Waals surface area contributed by atoms with Crippen LogP contribution in [0, 0.1) is 0 Å². The first-order valence-corrected chi connectivity index (χ1v) is 9.86. The van der Waals surface area contributed by atoms with Crippen molar-refractivity contribution in [1.82, 2.24) is 9.62 Å². The van der Waals surface area contributed by atoms with E-state index in [1.54, 1.807) is 12.1 Å². The second-order valence-electron chi connectivity index (χ2n) is 6.59. The Labute approximate surface area is 144 Å². The smallest absolute Gasteiger partial charge is 0.240 e. The number of sulfonamides is 1. The third kappa shape index (κ3) is 3.86. The van der Waals surface area contributed by atoms with E-state index >= 15 is 0 Å². The van der Waals surface area contributed by atoms with Crippen LogP contribution in [-0.4, -0.2) is 38.5 Å². The molecule has 1 unspecified atom stereocenters. The SMILES string of the molecule is CC(C)N1CCC(NS(=O)(=O)c2ccc(-c3ccccc3)cc2)C1. The van der Waals surface area contributed by atoms with Crippen molar-refractivity contribution in [1.29, 1.82) is 0 Å². The van der Waals surface area contributed by atoms with Gasteiger partial charge in [0.15, 0.2) is 0 Å². The van der Waals surface area contributed by atoms with Crippen LogP contribution in [0.25, 0.3) is 11.1 Å². The Balaban J connectivity index is 1.71. The van der Waals surface area contributed by atoms with Crippen LogP contribution in [0.2, 0.25) is 0 Å². The lowest BCUT2D eigenvalue weighted by Crippen LogP contribution is -2.38. The first kappa shape index (κ1) is 17.1. The van der Waals surface area contributed by atoms with Crippen LogP contribution >= 0.6 is 0 Å². The van der Waals surface area contributed by atoms with E-state index in [9.17, 15) is 8.42 Å². The van der Waals surface area contributed by atoms with E-state index in [1.165, 1.54) is 0 Å². The molecule has 0 spiro atoms. The minimum absolute atomic E-state index is 0.00815. The number of benzene rings is 2. The Hall–Kier alpha value is -1.69. The van der Waals surface area contributed by atoms with E-state index in [0.29, 0.717) is 10.9 Å². The lowest BCUT2D eigenvalue weighted by atomic mass is 10.1. The molecular formula is C19H24N2O2S. The molecule has 0 aromatic heterocycles. The van der Waals surface area contributed by atoms with Gasteiger partial charge in [-0.15, -0.1) is 0 Å². The monoisotopic (exact) mass is 344 g/mol. The molecule has 2 aromatic carbocycles. The number of hydrogen-bond donors (Lipinski definition) is 1. The Morgan fingerprint density at radius 1 is 1.00 bits per heavy atom. The van der Waals surface area contributed by atoms with Crippen molar-refractivity contribution in [3.8, 4) is 11.1 Å². The summed E-state index contributed by atoms with van der Waals surface area (Å²) in [5.74, 6) is 0. The average Bonchev–Trinajstić information content (AvgIpc) is 3.04. The molecule has 1 aliphatic rings. The molecule has 1 fully saturated rings. The number of nitrogens with one attached hydrogen (secondary N) is 1. The van der Waals surface area contributed by atoms with Gasteiger partial charge in [0.05, 0.1) is 4.90 Å². The first-order chi connectivity index (χ1) is 11.5. The van der Waals surface area contributed by atoms with Gasteiger partial charge in [-0.3, -0.25) is 4.90 Å².